The van der Waals surface area contributed by atoms with Crippen molar-refractivity contribution >= 4 is 63.8 Å². The van der Waals surface area contributed by atoms with E-state index in [-0.39, 0.29) is 23.3 Å². The van der Waals surface area contributed by atoms with Gasteiger partial charge in [0.1, 0.15) is 10.7 Å². The van der Waals surface area contributed by atoms with E-state index in [0.29, 0.717) is 33.8 Å². The molecule has 3 heterocycles. The fourth-order valence-electron chi connectivity index (χ4n) is 4.83. The Morgan fingerprint density at radius 3 is 2.46 bits per heavy atom. The van der Waals surface area contributed by atoms with Crippen LogP contribution in [0.15, 0.2) is 58.5 Å². The van der Waals surface area contributed by atoms with Gasteiger partial charge in [-0.15, -0.1) is 0 Å². The molecule has 1 amide bonds. The van der Waals surface area contributed by atoms with E-state index in [0.717, 1.165) is 55.3 Å². The van der Waals surface area contributed by atoms with Gasteiger partial charge >= 0.3 is 0 Å². The monoisotopic (exact) mass is 613 g/mol. The summed E-state index contributed by atoms with van der Waals surface area (Å²) in [6.45, 7) is 5.18. The summed E-state index contributed by atoms with van der Waals surface area (Å²) in [4.78, 5) is 23.5. The van der Waals surface area contributed by atoms with Crippen LogP contribution in [0.4, 0.5) is 17.1 Å². The molecule has 0 unspecified atom stereocenters. The molecule has 41 heavy (non-hydrogen) atoms. The molecule has 2 aromatic carbocycles. The fraction of sp³-hybridized carbons (Fsp3) is 0.345. The van der Waals surface area contributed by atoms with Crippen molar-refractivity contribution in [2.24, 2.45) is 0 Å². The summed E-state index contributed by atoms with van der Waals surface area (Å²) in [5, 5.41) is 16.6. The number of anilines is 3. The highest BCUT2D eigenvalue weighted by Gasteiger charge is 2.22. The average Bonchev–Trinajstić information content (AvgIpc) is 2.94. The van der Waals surface area contributed by atoms with Gasteiger partial charge in [0, 0.05) is 71.8 Å². The fourth-order valence-corrected chi connectivity index (χ4v) is 6.37. The predicted molar refractivity (Wildman–Crippen MR) is 167 cm³/mol. The highest BCUT2D eigenvalue weighted by molar-refractivity contribution is 7.99. The first-order chi connectivity index (χ1) is 19.7. The van der Waals surface area contributed by atoms with Crippen LogP contribution in [0.2, 0.25) is 10.0 Å². The minimum Gasteiger partial charge on any atom is -0.397 e. The number of rotatable bonds is 7. The molecule has 2 saturated heterocycles. The van der Waals surface area contributed by atoms with E-state index in [1.807, 2.05) is 18.2 Å². The zero-order chi connectivity index (χ0) is 28.9. The molecule has 0 atom stereocenters. The van der Waals surface area contributed by atoms with Crippen LogP contribution in [0.25, 0.3) is 0 Å². The lowest BCUT2D eigenvalue weighted by molar-refractivity contribution is 0.0904. The number of pyridine rings is 1. The molecule has 0 saturated carbocycles. The molecule has 216 valence electrons. The second kappa shape index (κ2) is 13.3. The van der Waals surface area contributed by atoms with Gasteiger partial charge in [0.15, 0.2) is 5.84 Å². The van der Waals surface area contributed by atoms with E-state index in [1.165, 1.54) is 11.8 Å². The Labute approximate surface area is 254 Å². The number of hydrogen-bond acceptors (Lipinski definition) is 9. The van der Waals surface area contributed by atoms with Crippen LogP contribution < -0.4 is 21.3 Å². The third-order valence-corrected chi connectivity index (χ3v) is 8.48. The Morgan fingerprint density at radius 2 is 1.76 bits per heavy atom. The van der Waals surface area contributed by atoms with Crippen LogP contribution in [0, 0.1) is 5.41 Å². The number of nitrogen functional groups attached to an aromatic ring is 1. The molecule has 0 bridgehead atoms. The number of likely N-dealkylation sites (N-methyl/N-ethyl adjacent to an activating group) is 1. The van der Waals surface area contributed by atoms with E-state index < -0.39 is 5.91 Å². The van der Waals surface area contributed by atoms with Gasteiger partial charge in [0.2, 0.25) is 0 Å². The maximum absolute atomic E-state index is 13.5. The lowest BCUT2D eigenvalue weighted by atomic mass is 10.1. The lowest BCUT2D eigenvalue weighted by Gasteiger charge is -2.34. The number of aromatic nitrogens is 1. The molecule has 3 aromatic rings. The number of nitrogens with two attached hydrogens (primary N) is 1. The number of amides is 1. The Kier molecular flexibility index (Phi) is 9.57. The highest BCUT2D eigenvalue weighted by atomic mass is 35.5. The molecule has 9 nitrogen and oxygen atoms in total. The number of nitrogens with zero attached hydrogens (tertiary/aromatic N) is 3. The van der Waals surface area contributed by atoms with Crippen molar-refractivity contribution in [3.05, 3.63) is 69.8 Å². The summed E-state index contributed by atoms with van der Waals surface area (Å²) in [7, 11) is 2.13. The molecule has 1 aromatic heterocycles. The van der Waals surface area contributed by atoms with Crippen LogP contribution in [-0.4, -0.2) is 74.1 Å². The number of nitrogens with one attached hydrogen (secondary N) is 3. The number of piperazine rings is 1. The van der Waals surface area contributed by atoms with Crippen molar-refractivity contribution in [2.75, 3.05) is 62.4 Å². The largest absolute Gasteiger partial charge is 0.397 e. The van der Waals surface area contributed by atoms with Crippen LogP contribution in [0.1, 0.15) is 28.9 Å². The Morgan fingerprint density at radius 1 is 1.05 bits per heavy atom. The standard InChI is InChI=1S/C29H33Cl2N7O2S/c1-37-8-10-38(11-9-37)21-2-3-23(25(17-21)34-20-6-12-40-13-7-20)29(39)36-28(33)27-24(32)4-5-26(35-27)41-22-15-18(30)14-19(31)16-22/h2-5,14-17,20,34H,6-13,32H2,1H3,(H2,33,36,39). The second-order valence-electron chi connectivity index (χ2n) is 10.2. The third-order valence-electron chi connectivity index (χ3n) is 7.13. The number of hydrogen-bond donors (Lipinski definition) is 4. The van der Waals surface area contributed by atoms with Crippen LogP contribution in [0.3, 0.4) is 0 Å². The SMILES string of the molecule is CN1CCN(c2ccc(C(=O)NC(=N)c3nc(Sc4cc(Cl)cc(Cl)c4)ccc3N)c(NC3CCOCC3)c2)CC1. The number of carbonyl (C=O) groups excluding carboxylic acids is 1. The minimum atomic E-state index is -0.407. The topological polar surface area (TPSA) is 120 Å². The molecular weight excluding hydrogens is 581 g/mol. The molecule has 0 radical (unpaired) electrons. The van der Waals surface area contributed by atoms with Gasteiger partial charge < -0.3 is 30.9 Å². The molecule has 0 aliphatic carbocycles. The van der Waals surface area contributed by atoms with E-state index in [1.54, 1.807) is 30.3 Å². The van der Waals surface area contributed by atoms with E-state index in [2.05, 4.69) is 32.5 Å². The first-order valence-electron chi connectivity index (χ1n) is 13.5. The number of amidine groups is 1. The smallest absolute Gasteiger partial charge is 0.258 e. The first-order valence-corrected chi connectivity index (χ1v) is 15.0. The summed E-state index contributed by atoms with van der Waals surface area (Å²) >= 11 is 13.6. The van der Waals surface area contributed by atoms with Crippen LogP contribution in [-0.2, 0) is 4.74 Å². The number of ether oxygens (including phenoxy) is 1. The second-order valence-corrected chi connectivity index (χ2v) is 12.1. The van der Waals surface area contributed by atoms with Crippen molar-refractivity contribution in [3.63, 3.8) is 0 Å². The summed E-state index contributed by atoms with van der Waals surface area (Å²) in [6.07, 6.45) is 1.72. The zero-order valence-corrected chi connectivity index (χ0v) is 25.1. The van der Waals surface area contributed by atoms with Gasteiger partial charge in [-0.1, -0.05) is 35.0 Å². The van der Waals surface area contributed by atoms with Gasteiger partial charge in [-0.25, -0.2) is 4.98 Å². The van der Waals surface area contributed by atoms with Crippen molar-refractivity contribution in [1.29, 1.82) is 5.41 Å². The maximum atomic E-state index is 13.5. The van der Waals surface area contributed by atoms with Gasteiger partial charge in [-0.3, -0.25) is 10.2 Å². The predicted octanol–water partition coefficient (Wildman–Crippen LogP) is 5.22. The highest BCUT2D eigenvalue weighted by Crippen LogP contribution is 2.32. The molecule has 5 N–H and O–H groups in total. The van der Waals surface area contributed by atoms with E-state index >= 15 is 0 Å². The summed E-state index contributed by atoms with van der Waals surface area (Å²) in [5.74, 6) is -0.588. The molecule has 5 rings (SSSR count). The first kappa shape index (κ1) is 29.5. The van der Waals surface area contributed by atoms with Gasteiger partial charge in [0.25, 0.3) is 5.91 Å². The number of carbonyl (C=O) groups is 1. The summed E-state index contributed by atoms with van der Waals surface area (Å²) in [5.41, 5.74) is 8.90. The Hall–Kier alpha value is -3.02. The lowest BCUT2D eigenvalue weighted by Crippen LogP contribution is -2.44. The van der Waals surface area contributed by atoms with Crippen LogP contribution in [0.5, 0.6) is 0 Å². The average molecular weight is 615 g/mol. The van der Waals surface area contributed by atoms with Crippen molar-refractivity contribution in [3.8, 4) is 0 Å². The van der Waals surface area contributed by atoms with Gasteiger partial charge in [0.05, 0.1) is 11.3 Å². The van der Waals surface area contributed by atoms with Crippen molar-refractivity contribution < 1.29 is 9.53 Å². The van der Waals surface area contributed by atoms with Crippen molar-refractivity contribution in [1.82, 2.24) is 15.2 Å². The number of halogens is 2. The molecule has 0 spiro atoms. The minimum absolute atomic E-state index is 0.181. The van der Waals surface area contributed by atoms with Crippen molar-refractivity contribution in [2.45, 2.75) is 28.8 Å². The van der Waals surface area contributed by atoms with Gasteiger partial charge in [-0.05, 0) is 68.4 Å². The molecule has 12 heteroatoms. The normalized spacial score (nSPS) is 16.4. The Balaban J connectivity index is 1.35. The van der Waals surface area contributed by atoms with E-state index in [4.69, 9.17) is 39.1 Å². The zero-order valence-electron chi connectivity index (χ0n) is 22.8. The molecule has 2 aliphatic heterocycles. The quantitative estimate of drug-likeness (QED) is 0.211. The number of benzene rings is 2. The third kappa shape index (κ3) is 7.64. The summed E-state index contributed by atoms with van der Waals surface area (Å²) < 4.78 is 5.52. The van der Waals surface area contributed by atoms with Gasteiger partial charge in [-0.2, -0.15) is 0 Å². The molecule has 2 aliphatic rings. The molecular formula is C29H33Cl2N7O2S. The van der Waals surface area contributed by atoms with Crippen LogP contribution >= 0.6 is 35.0 Å². The molecule has 2 fully saturated rings. The Bertz CT molecular complexity index is 1410. The summed E-state index contributed by atoms with van der Waals surface area (Å²) in [6, 6.07) is 14.7. The maximum Gasteiger partial charge on any atom is 0.258 e. The van der Waals surface area contributed by atoms with E-state index in [9.17, 15) is 4.79 Å².